The summed E-state index contributed by atoms with van der Waals surface area (Å²) in [5.74, 6) is -0.671. The molecule has 0 unspecified atom stereocenters. The van der Waals surface area contributed by atoms with E-state index in [4.69, 9.17) is 18.9 Å². The number of benzene rings is 2. The molecule has 3 amide bonds. The fourth-order valence-corrected chi connectivity index (χ4v) is 3.76. The van der Waals surface area contributed by atoms with Gasteiger partial charge in [0.15, 0.2) is 18.1 Å². The lowest BCUT2D eigenvalue weighted by atomic mass is 10.2. The Kier molecular flexibility index (Phi) is 10.5. The Morgan fingerprint density at radius 3 is 2.54 bits per heavy atom. The molecule has 0 radical (unpaired) electrons. The number of anilines is 1. The number of amides is 3. The van der Waals surface area contributed by atoms with Gasteiger partial charge in [0, 0.05) is 18.8 Å². The molecule has 1 aliphatic heterocycles. The molecule has 12 heteroatoms. The number of halogens is 1. The van der Waals surface area contributed by atoms with Gasteiger partial charge >= 0.3 is 11.8 Å². The molecule has 2 aromatic rings. The number of carbonyl (C=O) groups excluding carboxylic acids is 3. The normalized spacial score (nSPS) is 13.1. The van der Waals surface area contributed by atoms with Crippen LogP contribution in [-0.4, -0.2) is 75.5 Å². The molecule has 11 nitrogen and oxygen atoms in total. The van der Waals surface area contributed by atoms with Crippen molar-refractivity contribution >= 4 is 45.6 Å². The van der Waals surface area contributed by atoms with E-state index in [0.29, 0.717) is 65.9 Å². The van der Waals surface area contributed by atoms with Crippen LogP contribution in [0.5, 0.6) is 17.2 Å². The largest absolute Gasteiger partial charge is 0.493 e. The molecule has 0 saturated carbocycles. The second kappa shape index (κ2) is 14.0. The number of ether oxygens (including phenoxy) is 4. The van der Waals surface area contributed by atoms with Crippen molar-refractivity contribution in [2.24, 2.45) is 5.10 Å². The van der Waals surface area contributed by atoms with Gasteiger partial charge in [-0.1, -0.05) is 12.7 Å². The van der Waals surface area contributed by atoms with Crippen LogP contribution in [0.1, 0.15) is 5.56 Å². The van der Waals surface area contributed by atoms with Gasteiger partial charge in [-0.15, -0.1) is 0 Å². The highest BCUT2D eigenvalue weighted by Crippen LogP contribution is 2.36. The predicted octanol–water partition coefficient (Wildman–Crippen LogP) is 2.35. The molecule has 1 aliphatic rings. The number of nitrogens with one attached hydrogen (secondary N) is 2. The molecule has 0 bridgehead atoms. The summed E-state index contributed by atoms with van der Waals surface area (Å²) in [4.78, 5) is 38.3. The number of hydrogen-bond donors (Lipinski definition) is 2. The van der Waals surface area contributed by atoms with Crippen molar-refractivity contribution in [2.45, 2.75) is 0 Å². The third-order valence-electron chi connectivity index (χ3n) is 5.02. The Labute approximate surface area is 222 Å². The van der Waals surface area contributed by atoms with Gasteiger partial charge in [-0.3, -0.25) is 14.4 Å². The zero-order valence-electron chi connectivity index (χ0n) is 20.2. The Morgan fingerprint density at radius 2 is 1.86 bits per heavy atom. The van der Waals surface area contributed by atoms with Gasteiger partial charge in [-0.2, -0.15) is 5.10 Å². The molecule has 2 N–H and O–H groups in total. The first-order valence-electron chi connectivity index (χ1n) is 11.2. The first kappa shape index (κ1) is 27.7. The minimum absolute atomic E-state index is 0.152. The number of hydrazone groups is 1. The molecule has 3 rings (SSSR count). The molecule has 2 aromatic carbocycles. The van der Waals surface area contributed by atoms with E-state index in [1.807, 2.05) is 0 Å². The lowest BCUT2D eigenvalue weighted by molar-refractivity contribution is -0.137. The fourth-order valence-electron chi connectivity index (χ4n) is 3.19. The van der Waals surface area contributed by atoms with Crippen LogP contribution in [0, 0.1) is 0 Å². The van der Waals surface area contributed by atoms with Crippen molar-refractivity contribution in [1.82, 2.24) is 10.3 Å². The molecule has 196 valence electrons. The summed E-state index contributed by atoms with van der Waals surface area (Å²) in [5, 5.41) is 6.30. The first-order valence-corrected chi connectivity index (χ1v) is 12.0. The van der Waals surface area contributed by atoms with E-state index in [0.717, 1.165) is 0 Å². The number of nitrogens with zero attached hydrogens (tertiary/aromatic N) is 2. The summed E-state index contributed by atoms with van der Waals surface area (Å²) in [5.41, 5.74) is 3.14. The SMILES string of the molecule is C=CCOc1ccc(NC(=O)C(=O)N/N=C\c2cc(Br)c(OCC(=O)N3CCOCC3)c(OC)c2)cc1. The quantitative estimate of drug-likeness (QED) is 0.193. The van der Waals surface area contributed by atoms with E-state index < -0.39 is 11.8 Å². The topological polar surface area (TPSA) is 128 Å². The highest BCUT2D eigenvalue weighted by molar-refractivity contribution is 9.10. The van der Waals surface area contributed by atoms with Gasteiger partial charge in [0.2, 0.25) is 0 Å². The molecular formula is C25H27BrN4O7. The minimum Gasteiger partial charge on any atom is -0.493 e. The van der Waals surface area contributed by atoms with Crippen LogP contribution < -0.4 is 25.0 Å². The molecular weight excluding hydrogens is 548 g/mol. The van der Waals surface area contributed by atoms with Gasteiger partial charge in [0.25, 0.3) is 5.91 Å². The Bertz CT molecular complexity index is 1150. The van der Waals surface area contributed by atoms with Crippen LogP contribution in [0.15, 0.2) is 58.6 Å². The Balaban J connectivity index is 1.54. The molecule has 0 aromatic heterocycles. The van der Waals surface area contributed by atoms with E-state index in [-0.39, 0.29) is 12.5 Å². The van der Waals surface area contributed by atoms with E-state index in [9.17, 15) is 14.4 Å². The maximum Gasteiger partial charge on any atom is 0.329 e. The van der Waals surface area contributed by atoms with Crippen molar-refractivity contribution < 1.29 is 33.3 Å². The average Bonchev–Trinajstić information content (AvgIpc) is 2.92. The fraction of sp³-hybridized carbons (Fsp3) is 0.280. The summed E-state index contributed by atoms with van der Waals surface area (Å²) in [7, 11) is 1.46. The van der Waals surface area contributed by atoms with Crippen molar-refractivity contribution in [3.8, 4) is 17.2 Å². The second-order valence-corrected chi connectivity index (χ2v) is 8.45. The highest BCUT2D eigenvalue weighted by atomic mass is 79.9. The number of methoxy groups -OCH3 is 1. The van der Waals surface area contributed by atoms with E-state index in [2.05, 4.69) is 38.4 Å². The maximum absolute atomic E-state index is 12.4. The van der Waals surface area contributed by atoms with Gasteiger partial charge < -0.3 is 29.2 Å². The standard InChI is InChI=1S/C25H27BrN4O7/c1-3-10-36-19-6-4-18(5-7-19)28-24(32)25(33)29-27-15-17-13-20(26)23(21(14-17)34-2)37-16-22(31)30-8-11-35-12-9-30/h3-7,13-15H,1,8-12,16H2,2H3,(H,28,32)(H,29,33)/b27-15-. The zero-order valence-corrected chi connectivity index (χ0v) is 21.8. The lowest BCUT2D eigenvalue weighted by Crippen LogP contribution is -2.43. The number of morpholine rings is 1. The number of carbonyl (C=O) groups is 3. The maximum atomic E-state index is 12.4. The predicted molar refractivity (Wildman–Crippen MR) is 140 cm³/mol. The smallest absolute Gasteiger partial charge is 0.329 e. The van der Waals surface area contributed by atoms with Gasteiger partial charge in [0.1, 0.15) is 12.4 Å². The summed E-state index contributed by atoms with van der Waals surface area (Å²) >= 11 is 3.41. The molecule has 0 atom stereocenters. The molecule has 1 saturated heterocycles. The van der Waals surface area contributed by atoms with Crippen LogP contribution in [0.3, 0.4) is 0 Å². The first-order chi connectivity index (χ1) is 17.9. The third-order valence-corrected chi connectivity index (χ3v) is 5.61. The van der Waals surface area contributed by atoms with Gasteiger partial charge in [-0.25, -0.2) is 5.43 Å². The molecule has 0 spiro atoms. The van der Waals surface area contributed by atoms with Crippen LogP contribution in [0.2, 0.25) is 0 Å². The van der Waals surface area contributed by atoms with Gasteiger partial charge in [0.05, 0.1) is 31.0 Å². The van der Waals surface area contributed by atoms with Crippen molar-refractivity contribution in [1.29, 1.82) is 0 Å². The Hall–Kier alpha value is -3.90. The van der Waals surface area contributed by atoms with Crippen LogP contribution >= 0.6 is 15.9 Å². The van der Waals surface area contributed by atoms with Crippen molar-refractivity contribution in [2.75, 3.05) is 51.9 Å². The highest BCUT2D eigenvalue weighted by Gasteiger charge is 2.19. The monoisotopic (exact) mass is 574 g/mol. The molecule has 1 fully saturated rings. The summed E-state index contributed by atoms with van der Waals surface area (Å²) in [6.07, 6.45) is 2.96. The average molecular weight is 575 g/mol. The second-order valence-electron chi connectivity index (χ2n) is 7.59. The van der Waals surface area contributed by atoms with Gasteiger partial charge in [-0.05, 0) is 57.9 Å². The molecule has 0 aliphatic carbocycles. The van der Waals surface area contributed by atoms with Crippen LogP contribution in [0.4, 0.5) is 5.69 Å². The zero-order chi connectivity index (χ0) is 26.6. The van der Waals surface area contributed by atoms with Crippen LogP contribution in [0.25, 0.3) is 0 Å². The van der Waals surface area contributed by atoms with E-state index in [1.165, 1.54) is 13.3 Å². The Morgan fingerprint density at radius 1 is 1.14 bits per heavy atom. The summed E-state index contributed by atoms with van der Waals surface area (Å²) < 4.78 is 22.2. The molecule has 1 heterocycles. The van der Waals surface area contributed by atoms with E-state index in [1.54, 1.807) is 47.4 Å². The number of rotatable bonds is 10. The third kappa shape index (κ3) is 8.33. The number of hydrogen-bond acceptors (Lipinski definition) is 8. The lowest BCUT2D eigenvalue weighted by Gasteiger charge is -2.26. The van der Waals surface area contributed by atoms with Crippen molar-refractivity contribution in [3.63, 3.8) is 0 Å². The molecule has 37 heavy (non-hydrogen) atoms. The minimum atomic E-state index is -0.948. The summed E-state index contributed by atoms with van der Waals surface area (Å²) in [6.45, 7) is 5.84. The summed E-state index contributed by atoms with van der Waals surface area (Å²) in [6, 6.07) is 9.82. The van der Waals surface area contributed by atoms with Crippen molar-refractivity contribution in [3.05, 3.63) is 59.1 Å². The van der Waals surface area contributed by atoms with E-state index >= 15 is 0 Å². The van der Waals surface area contributed by atoms with Crippen LogP contribution in [-0.2, 0) is 19.1 Å².